The van der Waals surface area contributed by atoms with Crippen LogP contribution in [0.3, 0.4) is 0 Å². The van der Waals surface area contributed by atoms with Crippen LogP contribution in [0.25, 0.3) is 0 Å². The molecule has 1 amide bonds. The van der Waals surface area contributed by atoms with E-state index in [0.29, 0.717) is 28.8 Å². The smallest absolute Gasteiger partial charge is 0.254 e. The van der Waals surface area contributed by atoms with E-state index < -0.39 is 0 Å². The van der Waals surface area contributed by atoms with Crippen LogP contribution in [0, 0.1) is 0 Å². The van der Waals surface area contributed by atoms with Gasteiger partial charge in [-0.1, -0.05) is 6.92 Å². The summed E-state index contributed by atoms with van der Waals surface area (Å²) in [6.07, 6.45) is 4.31. The number of likely N-dealkylation sites (tertiary alicyclic amines) is 1. The van der Waals surface area contributed by atoms with Crippen LogP contribution < -0.4 is 15.2 Å². The minimum atomic E-state index is 0.0224. The molecule has 0 bridgehead atoms. The standard InChI is InChI=1S/C16H24N2O3/c1-4-12-7-5-6-8-18(12)16(19)11-9-13(17)15(21-3)14(10-11)20-2/h9-10,12H,4-8,17H2,1-3H3. The number of ether oxygens (including phenoxy) is 2. The van der Waals surface area contributed by atoms with Crippen LogP contribution in [0.2, 0.25) is 0 Å². The number of amides is 1. The minimum Gasteiger partial charge on any atom is -0.493 e. The molecule has 1 heterocycles. The lowest BCUT2D eigenvalue weighted by Crippen LogP contribution is -2.43. The maximum absolute atomic E-state index is 12.8. The molecule has 0 saturated carbocycles. The highest BCUT2D eigenvalue weighted by Gasteiger charge is 2.27. The van der Waals surface area contributed by atoms with Gasteiger partial charge in [0.25, 0.3) is 5.91 Å². The zero-order valence-electron chi connectivity index (χ0n) is 13.0. The van der Waals surface area contributed by atoms with Crippen molar-refractivity contribution in [2.24, 2.45) is 0 Å². The Morgan fingerprint density at radius 2 is 2.10 bits per heavy atom. The molecule has 116 valence electrons. The molecule has 1 unspecified atom stereocenters. The van der Waals surface area contributed by atoms with Crippen LogP contribution in [-0.2, 0) is 0 Å². The van der Waals surface area contributed by atoms with Crippen molar-refractivity contribution in [2.75, 3.05) is 26.5 Å². The number of nitrogens with two attached hydrogens (primary N) is 1. The third-order valence-corrected chi connectivity index (χ3v) is 4.11. The summed E-state index contributed by atoms with van der Waals surface area (Å²) in [4.78, 5) is 14.7. The summed E-state index contributed by atoms with van der Waals surface area (Å²) in [6, 6.07) is 3.70. The van der Waals surface area contributed by atoms with Crippen molar-refractivity contribution in [1.82, 2.24) is 4.90 Å². The molecule has 5 nitrogen and oxygen atoms in total. The number of piperidine rings is 1. The van der Waals surface area contributed by atoms with Crippen molar-refractivity contribution in [1.29, 1.82) is 0 Å². The van der Waals surface area contributed by atoms with Gasteiger partial charge in [0.15, 0.2) is 11.5 Å². The number of nitrogen functional groups attached to an aromatic ring is 1. The second kappa shape index (κ2) is 6.70. The van der Waals surface area contributed by atoms with Gasteiger partial charge in [0.05, 0.1) is 19.9 Å². The van der Waals surface area contributed by atoms with Gasteiger partial charge in [-0.05, 0) is 37.8 Å². The molecule has 2 N–H and O–H groups in total. The number of methoxy groups -OCH3 is 2. The first-order valence-electron chi connectivity index (χ1n) is 7.44. The van der Waals surface area contributed by atoms with Crippen molar-refractivity contribution < 1.29 is 14.3 Å². The zero-order chi connectivity index (χ0) is 15.4. The summed E-state index contributed by atoms with van der Waals surface area (Å²) in [5.74, 6) is 0.986. The van der Waals surface area contributed by atoms with E-state index in [9.17, 15) is 4.79 Å². The molecule has 1 aromatic rings. The Morgan fingerprint density at radius 3 is 2.71 bits per heavy atom. The van der Waals surface area contributed by atoms with E-state index in [4.69, 9.17) is 15.2 Å². The Kier molecular flexibility index (Phi) is 4.94. The number of carbonyl (C=O) groups is 1. The van der Waals surface area contributed by atoms with Crippen LogP contribution in [0.4, 0.5) is 5.69 Å². The number of carbonyl (C=O) groups excluding carboxylic acids is 1. The van der Waals surface area contributed by atoms with Gasteiger partial charge >= 0.3 is 0 Å². The molecule has 0 radical (unpaired) electrons. The number of benzene rings is 1. The Hall–Kier alpha value is -1.91. The number of hydrogen-bond acceptors (Lipinski definition) is 4. The largest absolute Gasteiger partial charge is 0.493 e. The van der Waals surface area contributed by atoms with Crippen molar-refractivity contribution in [3.8, 4) is 11.5 Å². The molecule has 2 rings (SSSR count). The van der Waals surface area contributed by atoms with E-state index >= 15 is 0 Å². The molecule has 1 saturated heterocycles. The van der Waals surface area contributed by atoms with Gasteiger partial charge in [-0.3, -0.25) is 4.79 Å². The fraction of sp³-hybridized carbons (Fsp3) is 0.562. The SMILES string of the molecule is CCC1CCCCN1C(=O)c1cc(N)c(OC)c(OC)c1. The van der Waals surface area contributed by atoms with Crippen molar-refractivity contribution >= 4 is 11.6 Å². The highest BCUT2D eigenvalue weighted by Crippen LogP contribution is 2.35. The molecule has 1 fully saturated rings. The zero-order valence-corrected chi connectivity index (χ0v) is 13.0. The Balaban J connectivity index is 2.32. The number of hydrogen-bond donors (Lipinski definition) is 1. The highest BCUT2D eigenvalue weighted by molar-refractivity contribution is 5.96. The van der Waals surface area contributed by atoms with Crippen molar-refractivity contribution in [3.63, 3.8) is 0 Å². The minimum absolute atomic E-state index is 0.0224. The van der Waals surface area contributed by atoms with Gasteiger partial charge in [0.1, 0.15) is 0 Å². The second-order valence-electron chi connectivity index (χ2n) is 5.36. The van der Waals surface area contributed by atoms with E-state index in [0.717, 1.165) is 25.8 Å². The highest BCUT2D eigenvalue weighted by atomic mass is 16.5. The molecular weight excluding hydrogens is 268 g/mol. The molecule has 5 heteroatoms. The molecule has 0 spiro atoms. The Bertz CT molecular complexity index is 516. The summed E-state index contributed by atoms with van der Waals surface area (Å²) in [6.45, 7) is 2.94. The first kappa shape index (κ1) is 15.5. The van der Waals surface area contributed by atoms with E-state index in [1.165, 1.54) is 13.5 Å². The van der Waals surface area contributed by atoms with E-state index in [1.807, 2.05) is 4.90 Å². The first-order valence-corrected chi connectivity index (χ1v) is 7.44. The molecule has 21 heavy (non-hydrogen) atoms. The molecule has 1 atom stereocenters. The maximum atomic E-state index is 12.8. The Morgan fingerprint density at radius 1 is 1.33 bits per heavy atom. The van der Waals surface area contributed by atoms with Crippen LogP contribution in [0.1, 0.15) is 43.0 Å². The fourth-order valence-corrected chi connectivity index (χ4v) is 2.98. The van der Waals surface area contributed by atoms with E-state index in [2.05, 4.69) is 6.92 Å². The quantitative estimate of drug-likeness (QED) is 0.867. The van der Waals surface area contributed by atoms with E-state index in [-0.39, 0.29) is 5.91 Å². The summed E-state index contributed by atoms with van der Waals surface area (Å²) in [7, 11) is 3.08. The topological polar surface area (TPSA) is 64.8 Å². The van der Waals surface area contributed by atoms with Gasteiger partial charge in [0, 0.05) is 18.2 Å². The molecule has 1 aromatic carbocycles. The van der Waals surface area contributed by atoms with Gasteiger partial charge in [-0.15, -0.1) is 0 Å². The lowest BCUT2D eigenvalue weighted by atomic mass is 9.98. The molecule has 0 aliphatic carbocycles. The number of nitrogens with zero attached hydrogens (tertiary/aromatic N) is 1. The monoisotopic (exact) mass is 292 g/mol. The average molecular weight is 292 g/mol. The normalized spacial score (nSPS) is 18.4. The number of rotatable bonds is 4. The van der Waals surface area contributed by atoms with Crippen LogP contribution in [-0.4, -0.2) is 37.6 Å². The summed E-state index contributed by atoms with van der Waals surface area (Å²) in [5.41, 5.74) is 6.95. The van der Waals surface area contributed by atoms with Crippen molar-refractivity contribution in [3.05, 3.63) is 17.7 Å². The Labute approximate surface area is 126 Å². The molecule has 0 aromatic heterocycles. The van der Waals surface area contributed by atoms with Crippen LogP contribution in [0.5, 0.6) is 11.5 Å². The predicted octanol–water partition coefficient (Wildman–Crippen LogP) is 2.69. The predicted molar refractivity (Wildman–Crippen MR) is 82.9 cm³/mol. The first-order chi connectivity index (χ1) is 10.1. The second-order valence-corrected chi connectivity index (χ2v) is 5.36. The lowest BCUT2D eigenvalue weighted by molar-refractivity contribution is 0.0607. The number of anilines is 1. The molecular formula is C16H24N2O3. The molecule has 1 aliphatic rings. The summed E-state index contributed by atoms with van der Waals surface area (Å²) >= 11 is 0. The van der Waals surface area contributed by atoms with Gasteiger partial charge in [-0.2, -0.15) is 0 Å². The fourth-order valence-electron chi connectivity index (χ4n) is 2.98. The third kappa shape index (κ3) is 3.06. The van der Waals surface area contributed by atoms with Gasteiger partial charge in [-0.25, -0.2) is 0 Å². The van der Waals surface area contributed by atoms with Crippen LogP contribution >= 0.6 is 0 Å². The van der Waals surface area contributed by atoms with Gasteiger partial charge in [0.2, 0.25) is 0 Å². The van der Waals surface area contributed by atoms with Crippen LogP contribution in [0.15, 0.2) is 12.1 Å². The lowest BCUT2D eigenvalue weighted by Gasteiger charge is -2.35. The summed E-state index contributed by atoms with van der Waals surface area (Å²) in [5, 5.41) is 0. The van der Waals surface area contributed by atoms with E-state index in [1.54, 1.807) is 19.2 Å². The van der Waals surface area contributed by atoms with Gasteiger partial charge < -0.3 is 20.1 Å². The average Bonchev–Trinajstić information content (AvgIpc) is 2.53. The molecule has 1 aliphatic heterocycles. The summed E-state index contributed by atoms with van der Waals surface area (Å²) < 4.78 is 10.5. The maximum Gasteiger partial charge on any atom is 0.254 e. The third-order valence-electron chi connectivity index (χ3n) is 4.11. The van der Waals surface area contributed by atoms with Crippen molar-refractivity contribution in [2.45, 2.75) is 38.6 Å².